The van der Waals surface area contributed by atoms with Gasteiger partial charge >= 0.3 is 11.9 Å². The smallest absolute Gasteiger partial charge is 0.342 e. The number of H-pyrrole nitrogens is 1. The van der Waals surface area contributed by atoms with Gasteiger partial charge in [0.1, 0.15) is 16.9 Å². The summed E-state index contributed by atoms with van der Waals surface area (Å²) in [4.78, 5) is 37.4. The van der Waals surface area contributed by atoms with Crippen molar-refractivity contribution in [2.45, 2.75) is 6.61 Å². The van der Waals surface area contributed by atoms with Gasteiger partial charge in [-0.3, -0.25) is 4.79 Å². The molecule has 0 saturated heterocycles. The lowest BCUT2D eigenvalue weighted by molar-refractivity contribution is 0.0695. The predicted octanol–water partition coefficient (Wildman–Crippen LogP) is 2.18. The fourth-order valence-electron chi connectivity index (χ4n) is 3.09. The highest BCUT2D eigenvalue weighted by molar-refractivity contribution is 6.07. The van der Waals surface area contributed by atoms with E-state index in [9.17, 15) is 29.7 Å². The maximum atomic E-state index is 12.1. The molecule has 28 heavy (non-hydrogen) atoms. The van der Waals surface area contributed by atoms with Gasteiger partial charge in [-0.1, -0.05) is 48.5 Å². The normalized spacial score (nSPS) is 10.6. The maximum Gasteiger partial charge on any atom is 0.342 e. The molecule has 2 aromatic carbocycles. The summed E-state index contributed by atoms with van der Waals surface area (Å²) >= 11 is 0. The third-order valence-corrected chi connectivity index (χ3v) is 4.34. The minimum Gasteiger partial charge on any atom is -0.478 e. The summed E-state index contributed by atoms with van der Waals surface area (Å²) in [6, 6.07) is 13.5. The first-order valence-corrected chi connectivity index (χ1v) is 8.17. The number of aromatic nitrogens is 1. The molecular formula is C20H16N2O6. The van der Waals surface area contributed by atoms with Crippen molar-refractivity contribution in [2.24, 2.45) is 0 Å². The average molecular weight is 380 g/mol. The number of carbonyl (C=O) groups is 2. The zero-order valence-corrected chi connectivity index (χ0v) is 14.5. The Morgan fingerprint density at radius 3 is 2.04 bits per heavy atom. The fourth-order valence-corrected chi connectivity index (χ4v) is 3.09. The van der Waals surface area contributed by atoms with Crippen molar-refractivity contribution in [1.29, 1.82) is 0 Å². The molecule has 3 rings (SSSR count). The van der Waals surface area contributed by atoms with E-state index in [1.165, 1.54) is 12.1 Å². The number of anilines is 1. The minimum absolute atomic E-state index is 0.158. The Bertz CT molecular complexity index is 1130. The fraction of sp³-hybridized carbons (Fsp3) is 0.0500. The number of carboxylic acid groups (broad SMARTS) is 2. The van der Waals surface area contributed by atoms with Crippen LogP contribution in [0, 0.1) is 0 Å². The van der Waals surface area contributed by atoms with Crippen LogP contribution in [-0.2, 0) is 6.61 Å². The second-order valence-electron chi connectivity index (χ2n) is 6.00. The van der Waals surface area contributed by atoms with Crippen LogP contribution in [0.3, 0.4) is 0 Å². The number of pyridine rings is 1. The van der Waals surface area contributed by atoms with Crippen LogP contribution >= 0.6 is 0 Å². The van der Waals surface area contributed by atoms with Crippen LogP contribution in [0.4, 0.5) is 5.82 Å². The molecule has 0 spiro atoms. The van der Waals surface area contributed by atoms with Crippen molar-refractivity contribution in [3.05, 3.63) is 75.6 Å². The van der Waals surface area contributed by atoms with E-state index in [-0.39, 0.29) is 17.7 Å². The number of nitrogens with one attached hydrogen (secondary N) is 1. The molecular weight excluding hydrogens is 364 g/mol. The third kappa shape index (κ3) is 3.24. The molecule has 8 nitrogen and oxygen atoms in total. The summed E-state index contributed by atoms with van der Waals surface area (Å²) in [6.45, 7) is -0.158. The van der Waals surface area contributed by atoms with E-state index in [0.717, 1.165) is 11.1 Å². The van der Waals surface area contributed by atoms with Gasteiger partial charge in [0.05, 0.1) is 6.61 Å². The standard InChI is InChI=1S/C20H16N2O6/c21-17-15(19(25)26)14(16(20(27)28)18(24)22-17)11-7-5-10(6-8-11)13-4-2-1-3-12(13)9-23/h1-8,23H,9H2,(H,25,26)(H,27,28)(H3,21,22,24). The number of benzene rings is 2. The molecule has 6 N–H and O–H groups in total. The Hall–Kier alpha value is -3.91. The lowest BCUT2D eigenvalue weighted by Gasteiger charge is -2.13. The zero-order chi connectivity index (χ0) is 20.4. The molecule has 0 atom stereocenters. The van der Waals surface area contributed by atoms with Gasteiger partial charge in [0, 0.05) is 5.56 Å². The van der Waals surface area contributed by atoms with E-state index in [1.807, 2.05) is 12.1 Å². The maximum absolute atomic E-state index is 12.1. The van der Waals surface area contributed by atoms with E-state index < -0.39 is 34.4 Å². The summed E-state index contributed by atoms with van der Waals surface area (Å²) in [6.07, 6.45) is 0. The van der Waals surface area contributed by atoms with Gasteiger partial charge in [-0.15, -0.1) is 0 Å². The van der Waals surface area contributed by atoms with Gasteiger partial charge in [0.25, 0.3) is 5.56 Å². The molecule has 8 heteroatoms. The third-order valence-electron chi connectivity index (χ3n) is 4.34. The molecule has 0 saturated carbocycles. The van der Waals surface area contributed by atoms with Crippen molar-refractivity contribution >= 4 is 17.8 Å². The Labute approximate surface area is 158 Å². The Morgan fingerprint density at radius 2 is 1.46 bits per heavy atom. The first-order valence-electron chi connectivity index (χ1n) is 8.17. The predicted molar refractivity (Wildman–Crippen MR) is 102 cm³/mol. The molecule has 0 aliphatic carbocycles. The zero-order valence-electron chi connectivity index (χ0n) is 14.5. The van der Waals surface area contributed by atoms with Gasteiger partial charge in [-0.05, 0) is 22.3 Å². The number of aromatic amines is 1. The summed E-state index contributed by atoms with van der Waals surface area (Å²) in [5, 5.41) is 28.4. The van der Waals surface area contributed by atoms with Gasteiger partial charge in [-0.25, -0.2) is 9.59 Å². The largest absolute Gasteiger partial charge is 0.478 e. The second kappa shape index (κ2) is 7.37. The quantitative estimate of drug-likeness (QED) is 0.454. The molecule has 142 valence electrons. The number of nitrogens with two attached hydrogens (primary N) is 1. The second-order valence-corrected chi connectivity index (χ2v) is 6.00. The van der Waals surface area contributed by atoms with Crippen LogP contribution in [0.15, 0.2) is 53.3 Å². The van der Waals surface area contributed by atoms with Crippen LogP contribution in [0.2, 0.25) is 0 Å². The number of aliphatic hydroxyl groups excluding tert-OH is 1. The molecule has 1 aromatic heterocycles. The number of hydrogen-bond acceptors (Lipinski definition) is 5. The van der Waals surface area contributed by atoms with E-state index >= 15 is 0 Å². The van der Waals surface area contributed by atoms with Crippen molar-refractivity contribution < 1.29 is 24.9 Å². The molecule has 1 heterocycles. The van der Waals surface area contributed by atoms with Gasteiger partial charge in [0.2, 0.25) is 0 Å². The monoisotopic (exact) mass is 380 g/mol. The summed E-state index contributed by atoms with van der Waals surface area (Å²) in [5.41, 5.74) is 5.63. The molecule has 0 fully saturated rings. The number of nitrogen functional groups attached to an aromatic ring is 1. The number of carboxylic acids is 2. The Kier molecular flexibility index (Phi) is 4.97. The minimum atomic E-state index is -1.56. The van der Waals surface area contributed by atoms with Crippen LogP contribution in [0.1, 0.15) is 26.3 Å². The van der Waals surface area contributed by atoms with Gasteiger partial charge in [0.15, 0.2) is 0 Å². The van der Waals surface area contributed by atoms with E-state index in [2.05, 4.69) is 4.98 Å². The van der Waals surface area contributed by atoms with E-state index in [0.29, 0.717) is 5.56 Å². The number of aliphatic hydroxyl groups is 1. The first-order chi connectivity index (χ1) is 13.3. The SMILES string of the molecule is Nc1[nH]c(=O)c(C(=O)O)c(-c2ccc(-c3ccccc3CO)cc2)c1C(=O)O. The van der Waals surface area contributed by atoms with Gasteiger partial charge in [-0.2, -0.15) is 0 Å². The Balaban J connectivity index is 2.23. The van der Waals surface area contributed by atoms with E-state index in [1.54, 1.807) is 24.3 Å². The summed E-state index contributed by atoms with van der Waals surface area (Å²) in [5.74, 6) is -3.44. The number of rotatable bonds is 5. The summed E-state index contributed by atoms with van der Waals surface area (Å²) in [7, 11) is 0. The van der Waals surface area contributed by atoms with Crippen LogP contribution in [-0.4, -0.2) is 32.2 Å². The Morgan fingerprint density at radius 1 is 0.893 bits per heavy atom. The highest BCUT2D eigenvalue weighted by Gasteiger charge is 2.26. The topological polar surface area (TPSA) is 154 Å². The lowest BCUT2D eigenvalue weighted by Crippen LogP contribution is -2.24. The number of aromatic carboxylic acids is 2. The molecule has 0 aliphatic rings. The molecule has 0 bridgehead atoms. The average Bonchev–Trinajstić information content (AvgIpc) is 2.66. The van der Waals surface area contributed by atoms with Crippen LogP contribution in [0.25, 0.3) is 22.3 Å². The number of hydrogen-bond donors (Lipinski definition) is 5. The highest BCUT2D eigenvalue weighted by Crippen LogP contribution is 2.32. The van der Waals surface area contributed by atoms with Crippen LogP contribution < -0.4 is 11.3 Å². The van der Waals surface area contributed by atoms with Crippen LogP contribution in [0.5, 0.6) is 0 Å². The molecule has 0 radical (unpaired) electrons. The molecule has 0 amide bonds. The highest BCUT2D eigenvalue weighted by atomic mass is 16.4. The summed E-state index contributed by atoms with van der Waals surface area (Å²) < 4.78 is 0. The lowest BCUT2D eigenvalue weighted by atomic mass is 9.93. The molecule has 0 unspecified atom stereocenters. The van der Waals surface area contributed by atoms with Gasteiger partial charge < -0.3 is 26.0 Å². The van der Waals surface area contributed by atoms with Crippen molar-refractivity contribution in [2.75, 3.05) is 5.73 Å². The van der Waals surface area contributed by atoms with Crippen molar-refractivity contribution in [3.63, 3.8) is 0 Å². The van der Waals surface area contributed by atoms with E-state index in [4.69, 9.17) is 5.73 Å². The molecule has 0 aliphatic heterocycles. The van der Waals surface area contributed by atoms with Crippen molar-refractivity contribution in [1.82, 2.24) is 4.98 Å². The first kappa shape index (κ1) is 18.9. The van der Waals surface area contributed by atoms with Crippen molar-refractivity contribution in [3.8, 4) is 22.3 Å². The molecule has 3 aromatic rings.